The van der Waals surface area contributed by atoms with Crippen molar-refractivity contribution in [3.8, 4) is 0 Å². The van der Waals surface area contributed by atoms with Crippen molar-refractivity contribution >= 4 is 11.3 Å². The van der Waals surface area contributed by atoms with Gasteiger partial charge in [-0.05, 0) is 25.7 Å². The highest BCUT2D eigenvalue weighted by Gasteiger charge is 2.31. The lowest BCUT2D eigenvalue weighted by Crippen LogP contribution is -2.43. The van der Waals surface area contributed by atoms with Crippen molar-refractivity contribution in [2.45, 2.75) is 51.7 Å². The van der Waals surface area contributed by atoms with Crippen LogP contribution in [0.3, 0.4) is 0 Å². The van der Waals surface area contributed by atoms with Gasteiger partial charge in [0.05, 0.1) is 16.3 Å². The maximum atomic E-state index is 10.4. The first kappa shape index (κ1) is 13.0. The summed E-state index contributed by atoms with van der Waals surface area (Å²) in [5, 5.41) is 17.0. The maximum absolute atomic E-state index is 10.4. The molecular formula is C13H22N2OS. The summed E-state index contributed by atoms with van der Waals surface area (Å²) in [6.07, 6.45) is 4.26. The zero-order valence-electron chi connectivity index (χ0n) is 10.7. The highest BCUT2D eigenvalue weighted by molar-refractivity contribution is 7.09. The van der Waals surface area contributed by atoms with Gasteiger partial charge in [0.15, 0.2) is 0 Å². The van der Waals surface area contributed by atoms with Gasteiger partial charge in [0.2, 0.25) is 0 Å². The lowest BCUT2D eigenvalue weighted by molar-refractivity contribution is -0.0119. The number of nitrogens with zero attached hydrogens (tertiary/aromatic N) is 1. The number of aryl methyl sites for hydroxylation is 1. The van der Waals surface area contributed by atoms with Gasteiger partial charge in [-0.25, -0.2) is 4.98 Å². The molecule has 1 aliphatic rings. The lowest BCUT2D eigenvalue weighted by atomic mass is 9.79. The highest BCUT2D eigenvalue weighted by Crippen LogP contribution is 2.31. The zero-order chi connectivity index (χ0) is 12.3. The fraction of sp³-hybridized carbons (Fsp3) is 0.769. The third-order valence-electron chi connectivity index (χ3n) is 3.49. The van der Waals surface area contributed by atoms with Crippen LogP contribution in [0.1, 0.15) is 43.3 Å². The van der Waals surface area contributed by atoms with Gasteiger partial charge in [0, 0.05) is 18.5 Å². The lowest BCUT2D eigenvalue weighted by Gasteiger charge is -2.35. The molecule has 17 heavy (non-hydrogen) atoms. The van der Waals surface area contributed by atoms with Crippen molar-refractivity contribution in [1.29, 1.82) is 0 Å². The van der Waals surface area contributed by atoms with Crippen LogP contribution in [0.2, 0.25) is 0 Å². The first-order chi connectivity index (χ1) is 8.07. The zero-order valence-corrected chi connectivity index (χ0v) is 11.5. The van der Waals surface area contributed by atoms with E-state index in [0.29, 0.717) is 12.5 Å². The molecule has 1 aromatic heterocycles. The molecule has 1 aromatic rings. The Labute approximate surface area is 107 Å². The van der Waals surface area contributed by atoms with Gasteiger partial charge in [-0.1, -0.05) is 19.8 Å². The van der Waals surface area contributed by atoms with E-state index < -0.39 is 5.60 Å². The first-order valence-corrected chi connectivity index (χ1v) is 7.29. The van der Waals surface area contributed by atoms with Gasteiger partial charge < -0.3 is 10.4 Å². The molecule has 0 radical (unpaired) electrons. The minimum atomic E-state index is -0.497. The van der Waals surface area contributed by atoms with Crippen molar-refractivity contribution in [1.82, 2.24) is 10.3 Å². The predicted molar refractivity (Wildman–Crippen MR) is 71.1 cm³/mol. The molecule has 1 heterocycles. The molecule has 0 aromatic carbocycles. The van der Waals surface area contributed by atoms with E-state index in [0.717, 1.165) is 36.5 Å². The average molecular weight is 254 g/mol. The number of hydrogen-bond acceptors (Lipinski definition) is 4. The Morgan fingerprint density at radius 3 is 3.12 bits per heavy atom. The van der Waals surface area contributed by atoms with Crippen molar-refractivity contribution in [3.05, 3.63) is 16.1 Å². The highest BCUT2D eigenvalue weighted by atomic mass is 32.1. The maximum Gasteiger partial charge on any atom is 0.0897 e. The second-order valence-electron chi connectivity index (χ2n) is 5.39. The van der Waals surface area contributed by atoms with Crippen LogP contribution in [0.25, 0.3) is 0 Å². The van der Waals surface area contributed by atoms with Gasteiger partial charge >= 0.3 is 0 Å². The molecule has 1 aliphatic carbocycles. The molecule has 0 aliphatic heterocycles. The molecule has 2 atom stereocenters. The Bertz CT molecular complexity index is 366. The van der Waals surface area contributed by atoms with Crippen molar-refractivity contribution in [2.24, 2.45) is 5.92 Å². The number of hydrogen-bond donors (Lipinski definition) is 2. The van der Waals surface area contributed by atoms with Gasteiger partial charge in [0.25, 0.3) is 0 Å². The number of thiazole rings is 1. The largest absolute Gasteiger partial charge is 0.389 e. The van der Waals surface area contributed by atoms with Crippen LogP contribution in [0, 0.1) is 12.8 Å². The molecule has 3 nitrogen and oxygen atoms in total. The third kappa shape index (κ3) is 3.76. The molecule has 1 fully saturated rings. The molecule has 4 heteroatoms. The van der Waals surface area contributed by atoms with E-state index in [1.165, 1.54) is 6.42 Å². The molecule has 0 bridgehead atoms. The minimum absolute atomic E-state index is 0.497. The Morgan fingerprint density at radius 2 is 2.47 bits per heavy atom. The summed E-state index contributed by atoms with van der Waals surface area (Å²) in [6.45, 7) is 5.70. The summed E-state index contributed by atoms with van der Waals surface area (Å²) < 4.78 is 0. The van der Waals surface area contributed by atoms with E-state index >= 15 is 0 Å². The van der Waals surface area contributed by atoms with E-state index in [4.69, 9.17) is 0 Å². The van der Waals surface area contributed by atoms with Crippen LogP contribution in [0.5, 0.6) is 0 Å². The minimum Gasteiger partial charge on any atom is -0.389 e. The number of aromatic nitrogens is 1. The topological polar surface area (TPSA) is 45.2 Å². The Kier molecular flexibility index (Phi) is 4.17. The number of nitrogens with one attached hydrogen (secondary N) is 1. The Balaban J connectivity index is 1.77. The SMILES string of the molecule is Cc1nc(CNCC2(O)CCCC(C)C2)cs1. The molecule has 0 spiro atoms. The van der Waals surface area contributed by atoms with Crippen LogP contribution in [-0.2, 0) is 6.54 Å². The predicted octanol–water partition coefficient (Wildman–Crippen LogP) is 2.48. The smallest absolute Gasteiger partial charge is 0.0897 e. The standard InChI is InChI=1S/C13H22N2OS/c1-10-4-3-5-13(16,6-10)9-14-7-12-8-17-11(2)15-12/h8,10,14,16H,3-7,9H2,1-2H3. The molecule has 1 saturated carbocycles. The van der Waals surface area contributed by atoms with Crippen LogP contribution >= 0.6 is 11.3 Å². The van der Waals surface area contributed by atoms with Crippen LogP contribution in [0.4, 0.5) is 0 Å². The van der Waals surface area contributed by atoms with E-state index in [1.807, 2.05) is 6.92 Å². The number of aliphatic hydroxyl groups is 1. The monoisotopic (exact) mass is 254 g/mol. The Morgan fingerprint density at radius 1 is 1.65 bits per heavy atom. The summed E-state index contributed by atoms with van der Waals surface area (Å²) >= 11 is 1.68. The van der Waals surface area contributed by atoms with Gasteiger partial charge in [-0.2, -0.15) is 0 Å². The van der Waals surface area contributed by atoms with E-state index in [1.54, 1.807) is 11.3 Å². The fourth-order valence-electron chi connectivity index (χ4n) is 2.71. The summed E-state index contributed by atoms with van der Waals surface area (Å²) in [6, 6.07) is 0. The van der Waals surface area contributed by atoms with Gasteiger partial charge in [-0.15, -0.1) is 11.3 Å². The van der Waals surface area contributed by atoms with Crippen molar-refractivity contribution in [3.63, 3.8) is 0 Å². The summed E-state index contributed by atoms with van der Waals surface area (Å²) in [4.78, 5) is 4.41. The molecule has 0 amide bonds. The van der Waals surface area contributed by atoms with Gasteiger partial charge in [0.1, 0.15) is 0 Å². The normalized spacial score (nSPS) is 29.5. The second kappa shape index (κ2) is 5.46. The molecule has 2 N–H and O–H groups in total. The molecule has 2 rings (SSSR count). The number of rotatable bonds is 4. The van der Waals surface area contributed by atoms with Crippen LogP contribution < -0.4 is 5.32 Å². The average Bonchev–Trinajstić information content (AvgIpc) is 2.63. The van der Waals surface area contributed by atoms with E-state index in [-0.39, 0.29) is 0 Å². The quantitative estimate of drug-likeness (QED) is 0.867. The Hall–Kier alpha value is -0.450. The third-order valence-corrected chi connectivity index (χ3v) is 4.32. The summed E-state index contributed by atoms with van der Waals surface area (Å²) in [7, 11) is 0. The second-order valence-corrected chi connectivity index (χ2v) is 6.45. The fourth-order valence-corrected chi connectivity index (χ4v) is 3.32. The van der Waals surface area contributed by atoms with E-state index in [2.05, 4.69) is 22.6 Å². The van der Waals surface area contributed by atoms with Crippen LogP contribution in [0.15, 0.2) is 5.38 Å². The van der Waals surface area contributed by atoms with Crippen molar-refractivity contribution in [2.75, 3.05) is 6.54 Å². The summed E-state index contributed by atoms with van der Waals surface area (Å²) in [5.41, 5.74) is 0.586. The molecule has 2 unspecified atom stereocenters. The van der Waals surface area contributed by atoms with Gasteiger partial charge in [-0.3, -0.25) is 0 Å². The molecule has 96 valence electrons. The van der Waals surface area contributed by atoms with E-state index in [9.17, 15) is 5.11 Å². The van der Waals surface area contributed by atoms with Crippen molar-refractivity contribution < 1.29 is 5.11 Å². The summed E-state index contributed by atoms with van der Waals surface area (Å²) in [5.74, 6) is 0.650. The van der Waals surface area contributed by atoms with Crippen LogP contribution in [-0.4, -0.2) is 22.2 Å². The molecular weight excluding hydrogens is 232 g/mol. The first-order valence-electron chi connectivity index (χ1n) is 6.41. The molecule has 0 saturated heterocycles.